The summed E-state index contributed by atoms with van der Waals surface area (Å²) in [5.74, 6) is 0.731. The summed E-state index contributed by atoms with van der Waals surface area (Å²) in [5, 5.41) is 8.02. The van der Waals surface area contributed by atoms with Crippen LogP contribution in [0.3, 0.4) is 0 Å². The number of benzene rings is 1. The van der Waals surface area contributed by atoms with Gasteiger partial charge in [-0.3, -0.25) is 9.20 Å². The summed E-state index contributed by atoms with van der Waals surface area (Å²) in [5.41, 5.74) is 2.13. The van der Waals surface area contributed by atoms with Crippen LogP contribution in [-0.4, -0.2) is 27.6 Å². The number of carbonyl (C=O) groups excluding carboxylic acids is 1. The molecule has 2 heterocycles. The summed E-state index contributed by atoms with van der Waals surface area (Å²) in [7, 11) is 1.76. The number of fused-ring (bicyclic) bond motifs is 1. The first kappa shape index (κ1) is 12.3. The number of nitrogens with zero attached hydrogens (tertiary/aromatic N) is 4. The van der Waals surface area contributed by atoms with E-state index in [4.69, 9.17) is 0 Å². The molecule has 1 amide bonds. The zero-order valence-corrected chi connectivity index (χ0v) is 11.3. The smallest absolute Gasteiger partial charge is 0.258 e. The van der Waals surface area contributed by atoms with E-state index in [1.54, 1.807) is 24.1 Å². The van der Waals surface area contributed by atoms with E-state index in [-0.39, 0.29) is 5.91 Å². The Kier molecular flexibility index (Phi) is 2.95. The van der Waals surface area contributed by atoms with Gasteiger partial charge in [0.05, 0.1) is 0 Å². The second-order valence-corrected chi connectivity index (χ2v) is 4.59. The Morgan fingerprint density at radius 2 is 1.90 bits per heavy atom. The number of para-hydroxylation sites is 1. The van der Waals surface area contributed by atoms with E-state index < -0.39 is 0 Å². The molecule has 1 aromatic carbocycles. The zero-order valence-electron chi connectivity index (χ0n) is 11.3. The largest absolute Gasteiger partial charge is 0.311 e. The van der Waals surface area contributed by atoms with Crippen LogP contribution in [0.2, 0.25) is 0 Å². The third-order valence-corrected chi connectivity index (χ3v) is 3.28. The van der Waals surface area contributed by atoms with Gasteiger partial charge in [0.15, 0.2) is 5.65 Å². The maximum absolute atomic E-state index is 12.5. The second-order valence-electron chi connectivity index (χ2n) is 4.59. The molecular formula is C15H14N4O. The van der Waals surface area contributed by atoms with Gasteiger partial charge >= 0.3 is 0 Å². The molecule has 0 aliphatic rings. The number of hydrogen-bond donors (Lipinski definition) is 0. The van der Waals surface area contributed by atoms with Crippen molar-refractivity contribution in [3.8, 4) is 0 Å². The highest BCUT2D eigenvalue weighted by molar-refractivity contribution is 6.06. The van der Waals surface area contributed by atoms with Crippen molar-refractivity contribution >= 4 is 17.2 Å². The van der Waals surface area contributed by atoms with Crippen LogP contribution in [0.1, 0.15) is 16.2 Å². The fourth-order valence-electron chi connectivity index (χ4n) is 2.11. The highest BCUT2D eigenvalue weighted by Gasteiger charge is 2.14. The van der Waals surface area contributed by atoms with Crippen LogP contribution in [0.25, 0.3) is 5.65 Å². The van der Waals surface area contributed by atoms with Gasteiger partial charge in [-0.1, -0.05) is 18.2 Å². The highest BCUT2D eigenvalue weighted by Crippen LogP contribution is 2.15. The Balaban J connectivity index is 1.96. The first-order valence-electron chi connectivity index (χ1n) is 6.31. The van der Waals surface area contributed by atoms with Gasteiger partial charge in [-0.15, -0.1) is 10.2 Å². The normalized spacial score (nSPS) is 10.7. The molecule has 3 rings (SSSR count). The van der Waals surface area contributed by atoms with Crippen molar-refractivity contribution in [2.24, 2.45) is 0 Å². The van der Waals surface area contributed by atoms with E-state index in [2.05, 4.69) is 10.2 Å². The van der Waals surface area contributed by atoms with Gasteiger partial charge in [0, 0.05) is 24.5 Å². The molecule has 0 saturated heterocycles. The molecule has 100 valence electrons. The van der Waals surface area contributed by atoms with E-state index in [0.717, 1.165) is 11.5 Å². The zero-order chi connectivity index (χ0) is 14.1. The van der Waals surface area contributed by atoms with Crippen LogP contribution in [-0.2, 0) is 0 Å². The lowest BCUT2D eigenvalue weighted by atomic mass is 10.2. The molecule has 5 nitrogen and oxygen atoms in total. The standard InChI is InChI=1S/C15H14N4O/c1-11-16-17-14-10-12(8-9-19(11)14)15(20)18(2)13-6-4-3-5-7-13/h3-10H,1-2H3. The molecule has 0 fully saturated rings. The number of hydrogen-bond acceptors (Lipinski definition) is 3. The fourth-order valence-corrected chi connectivity index (χ4v) is 2.11. The minimum absolute atomic E-state index is 0.0700. The van der Waals surface area contributed by atoms with Gasteiger partial charge in [-0.05, 0) is 31.2 Å². The van der Waals surface area contributed by atoms with Crippen LogP contribution in [0, 0.1) is 6.92 Å². The molecule has 0 aliphatic heterocycles. The monoisotopic (exact) mass is 266 g/mol. The van der Waals surface area contributed by atoms with Gasteiger partial charge in [0.1, 0.15) is 5.82 Å². The molecule has 5 heteroatoms. The number of carbonyl (C=O) groups is 1. The molecule has 0 aliphatic carbocycles. The van der Waals surface area contributed by atoms with Crippen LogP contribution >= 0.6 is 0 Å². The molecule has 3 aromatic rings. The first-order valence-corrected chi connectivity index (χ1v) is 6.31. The highest BCUT2D eigenvalue weighted by atomic mass is 16.2. The number of aryl methyl sites for hydroxylation is 1. The summed E-state index contributed by atoms with van der Waals surface area (Å²) in [6, 6.07) is 13.1. The first-order chi connectivity index (χ1) is 9.66. The van der Waals surface area contributed by atoms with Crippen LogP contribution in [0.4, 0.5) is 5.69 Å². The molecule has 0 N–H and O–H groups in total. The summed E-state index contributed by atoms with van der Waals surface area (Å²) in [6.45, 7) is 1.87. The third-order valence-electron chi connectivity index (χ3n) is 3.28. The van der Waals surface area contributed by atoms with Crippen molar-refractivity contribution < 1.29 is 4.79 Å². The Bertz CT molecular complexity index is 764. The average Bonchev–Trinajstić information content (AvgIpc) is 2.87. The van der Waals surface area contributed by atoms with Crippen molar-refractivity contribution in [1.29, 1.82) is 0 Å². The van der Waals surface area contributed by atoms with Crippen molar-refractivity contribution in [2.75, 3.05) is 11.9 Å². The predicted octanol–water partition coefficient (Wildman–Crippen LogP) is 2.31. The molecule has 0 unspecified atom stereocenters. The summed E-state index contributed by atoms with van der Waals surface area (Å²) in [4.78, 5) is 14.1. The SMILES string of the molecule is Cc1nnc2cc(C(=O)N(C)c3ccccc3)ccn12. The Morgan fingerprint density at radius 3 is 2.65 bits per heavy atom. The topological polar surface area (TPSA) is 50.5 Å². The summed E-state index contributed by atoms with van der Waals surface area (Å²) in [6.07, 6.45) is 1.82. The van der Waals surface area contributed by atoms with Gasteiger partial charge in [0.2, 0.25) is 0 Å². The lowest BCUT2D eigenvalue weighted by Crippen LogP contribution is -2.26. The van der Waals surface area contributed by atoms with Crippen molar-refractivity contribution in [3.05, 3.63) is 60.0 Å². The lowest BCUT2D eigenvalue weighted by molar-refractivity contribution is 0.0993. The van der Waals surface area contributed by atoms with Crippen LogP contribution in [0.5, 0.6) is 0 Å². The molecule has 0 atom stereocenters. The van der Waals surface area contributed by atoms with Crippen molar-refractivity contribution in [1.82, 2.24) is 14.6 Å². The van der Waals surface area contributed by atoms with E-state index in [9.17, 15) is 4.79 Å². The second kappa shape index (κ2) is 4.77. The lowest BCUT2D eigenvalue weighted by Gasteiger charge is -2.17. The Morgan fingerprint density at radius 1 is 1.15 bits per heavy atom. The van der Waals surface area contributed by atoms with E-state index in [1.807, 2.05) is 47.9 Å². The fraction of sp³-hybridized carbons (Fsp3) is 0.133. The van der Waals surface area contributed by atoms with E-state index in [1.165, 1.54) is 0 Å². The molecule has 0 saturated carbocycles. The molecule has 0 bridgehead atoms. The van der Waals surface area contributed by atoms with E-state index >= 15 is 0 Å². The molecular weight excluding hydrogens is 252 g/mol. The van der Waals surface area contributed by atoms with Gasteiger partial charge < -0.3 is 4.90 Å². The maximum atomic E-state index is 12.5. The van der Waals surface area contributed by atoms with Gasteiger partial charge in [0.25, 0.3) is 5.91 Å². The van der Waals surface area contributed by atoms with E-state index in [0.29, 0.717) is 11.2 Å². The Labute approximate surface area is 116 Å². The molecule has 2 aromatic heterocycles. The Hall–Kier alpha value is -2.69. The van der Waals surface area contributed by atoms with Crippen molar-refractivity contribution in [3.63, 3.8) is 0 Å². The average molecular weight is 266 g/mol. The number of pyridine rings is 1. The number of aromatic nitrogens is 3. The third kappa shape index (κ3) is 2.03. The minimum Gasteiger partial charge on any atom is -0.311 e. The molecule has 0 radical (unpaired) electrons. The summed E-state index contributed by atoms with van der Waals surface area (Å²) >= 11 is 0. The maximum Gasteiger partial charge on any atom is 0.258 e. The molecule has 20 heavy (non-hydrogen) atoms. The predicted molar refractivity (Wildman–Crippen MR) is 76.9 cm³/mol. The number of amides is 1. The quantitative estimate of drug-likeness (QED) is 0.715. The van der Waals surface area contributed by atoms with Crippen LogP contribution < -0.4 is 4.90 Å². The number of anilines is 1. The summed E-state index contributed by atoms with van der Waals surface area (Å²) < 4.78 is 1.85. The van der Waals surface area contributed by atoms with Crippen molar-refractivity contribution in [2.45, 2.75) is 6.92 Å². The minimum atomic E-state index is -0.0700. The number of rotatable bonds is 2. The molecule has 0 spiro atoms. The van der Waals surface area contributed by atoms with Gasteiger partial charge in [-0.25, -0.2) is 0 Å². The van der Waals surface area contributed by atoms with Crippen LogP contribution in [0.15, 0.2) is 48.7 Å². The van der Waals surface area contributed by atoms with Gasteiger partial charge in [-0.2, -0.15) is 0 Å².